The average molecular weight is 709 g/mol. The van der Waals surface area contributed by atoms with Gasteiger partial charge in [-0.05, 0) is 48.5 Å². The Labute approximate surface area is 246 Å². The van der Waals surface area contributed by atoms with Gasteiger partial charge >= 0.3 is 0 Å². The Bertz CT molecular complexity index is 1290. The predicted octanol–water partition coefficient (Wildman–Crippen LogP) is 6.41. The average Bonchev–Trinajstić information content (AvgIpc) is 2.99. The molecule has 0 amide bonds. The Kier molecular flexibility index (Phi) is 11.1. The smallest absolute Gasteiger partial charge is 0.0796 e. The minimum Gasteiger partial charge on any atom is -0.264 e. The summed E-state index contributed by atoms with van der Waals surface area (Å²) in [5.41, 5.74) is 8.14. The number of nitrogens with zero attached hydrogens (tertiary/aromatic N) is 6. The first-order chi connectivity index (χ1) is 17.9. The fraction of sp³-hybridized carbons (Fsp3) is 0. The van der Waals surface area contributed by atoms with Crippen molar-refractivity contribution in [3.05, 3.63) is 135 Å². The van der Waals surface area contributed by atoms with Crippen LogP contribution in [0.2, 0.25) is 0 Å². The van der Waals surface area contributed by atoms with E-state index in [0.717, 1.165) is 44.8 Å². The van der Waals surface area contributed by atoms with E-state index in [2.05, 4.69) is 29.9 Å². The molecule has 0 aliphatic heterocycles. The molecule has 6 heterocycles. The van der Waals surface area contributed by atoms with Gasteiger partial charge in [-0.1, -0.05) is 24.3 Å². The second kappa shape index (κ2) is 14.7. The molecule has 0 unspecified atom stereocenters. The van der Waals surface area contributed by atoms with Gasteiger partial charge in [0.05, 0.1) is 11.4 Å². The van der Waals surface area contributed by atoms with Gasteiger partial charge in [0.25, 0.3) is 0 Å². The number of hydrogen-bond acceptors (Lipinski definition) is 6. The number of pyridine rings is 6. The van der Waals surface area contributed by atoms with E-state index in [1.165, 1.54) is 0 Å². The molecule has 0 aromatic carbocycles. The summed E-state index contributed by atoms with van der Waals surface area (Å²) in [6, 6.07) is 23.7. The van der Waals surface area contributed by atoms with Gasteiger partial charge in [0.1, 0.15) is 0 Å². The van der Waals surface area contributed by atoms with Crippen LogP contribution >= 0.6 is 0 Å². The summed E-state index contributed by atoms with van der Waals surface area (Å²) in [7, 11) is 0. The topological polar surface area (TPSA) is 77.3 Å². The standard InChI is InChI=1S/2C15H11N3.Co.W/c2*1-4-12(10-16-7-1)14-6-3-9-18-15(14)13-5-2-8-17-11-13;;/h2*1-11H;;. The molecule has 6 rings (SSSR count). The predicted molar refractivity (Wildman–Crippen MR) is 141 cm³/mol. The minimum absolute atomic E-state index is 0. The molecule has 0 saturated carbocycles. The van der Waals surface area contributed by atoms with Crippen molar-refractivity contribution >= 4 is 0 Å². The molecule has 1 radical (unpaired) electrons. The molecule has 0 aliphatic carbocycles. The molecule has 8 heteroatoms. The summed E-state index contributed by atoms with van der Waals surface area (Å²) < 4.78 is 0. The van der Waals surface area contributed by atoms with E-state index in [1.54, 1.807) is 37.2 Å². The summed E-state index contributed by atoms with van der Waals surface area (Å²) in [4.78, 5) is 25.5. The molecular formula is C30H22CoN6W. The Hall–Kier alpha value is -3.91. The van der Waals surface area contributed by atoms with Crippen LogP contribution in [0.15, 0.2) is 135 Å². The Morgan fingerprint density at radius 2 is 0.684 bits per heavy atom. The summed E-state index contributed by atoms with van der Waals surface area (Å²) in [5.74, 6) is 0. The van der Waals surface area contributed by atoms with Crippen molar-refractivity contribution < 1.29 is 37.8 Å². The first-order valence-electron chi connectivity index (χ1n) is 11.4. The van der Waals surface area contributed by atoms with E-state index in [1.807, 2.05) is 97.6 Å². The summed E-state index contributed by atoms with van der Waals surface area (Å²) in [6.45, 7) is 0. The van der Waals surface area contributed by atoms with Crippen LogP contribution in [0.3, 0.4) is 0 Å². The molecule has 0 saturated heterocycles. The van der Waals surface area contributed by atoms with Crippen LogP contribution in [0.5, 0.6) is 0 Å². The maximum atomic E-state index is 4.46. The van der Waals surface area contributed by atoms with E-state index in [9.17, 15) is 0 Å². The molecule has 0 fully saturated rings. The maximum absolute atomic E-state index is 4.46. The van der Waals surface area contributed by atoms with Gasteiger partial charge in [0.2, 0.25) is 0 Å². The van der Waals surface area contributed by atoms with E-state index < -0.39 is 0 Å². The van der Waals surface area contributed by atoms with Crippen LogP contribution in [0, 0.1) is 0 Å². The van der Waals surface area contributed by atoms with E-state index >= 15 is 0 Å². The van der Waals surface area contributed by atoms with Crippen molar-refractivity contribution in [2.75, 3.05) is 0 Å². The molecule has 0 spiro atoms. The Balaban J connectivity index is 0.000000200. The molecule has 187 valence electrons. The van der Waals surface area contributed by atoms with Gasteiger partial charge in [-0.25, -0.2) is 0 Å². The van der Waals surface area contributed by atoms with Crippen LogP contribution in [-0.2, 0) is 37.8 Å². The second-order valence-electron chi connectivity index (χ2n) is 7.77. The maximum Gasteiger partial charge on any atom is 0.0796 e. The number of hydrogen-bond donors (Lipinski definition) is 0. The van der Waals surface area contributed by atoms with Crippen molar-refractivity contribution in [3.8, 4) is 44.8 Å². The third-order valence-corrected chi connectivity index (χ3v) is 5.43. The van der Waals surface area contributed by atoms with Gasteiger partial charge in [-0.3, -0.25) is 29.9 Å². The minimum atomic E-state index is 0. The Morgan fingerprint density at radius 1 is 0.368 bits per heavy atom. The number of rotatable bonds is 4. The SMILES string of the molecule is [Co].[W].c1cncc(-c2cccnc2-c2cccnc2)c1.c1cncc(-c2cccnc2-c2cccnc2)c1. The van der Waals surface area contributed by atoms with Gasteiger partial charge in [-0.15, -0.1) is 0 Å². The normalized spacial score (nSPS) is 9.68. The Morgan fingerprint density at radius 3 is 1.00 bits per heavy atom. The largest absolute Gasteiger partial charge is 0.264 e. The zero-order chi connectivity index (χ0) is 24.4. The van der Waals surface area contributed by atoms with Crippen LogP contribution in [0.4, 0.5) is 0 Å². The summed E-state index contributed by atoms with van der Waals surface area (Å²) in [6.07, 6.45) is 18.0. The summed E-state index contributed by atoms with van der Waals surface area (Å²) >= 11 is 0. The van der Waals surface area contributed by atoms with Gasteiger partial charge in [0.15, 0.2) is 0 Å². The van der Waals surface area contributed by atoms with Crippen LogP contribution in [-0.4, -0.2) is 29.9 Å². The van der Waals surface area contributed by atoms with Crippen LogP contribution in [0.25, 0.3) is 44.8 Å². The van der Waals surface area contributed by atoms with E-state index in [0.29, 0.717) is 0 Å². The molecule has 6 nitrogen and oxygen atoms in total. The zero-order valence-corrected chi connectivity index (χ0v) is 24.1. The van der Waals surface area contributed by atoms with Crippen LogP contribution in [0.1, 0.15) is 0 Å². The molecule has 6 aromatic heterocycles. The van der Waals surface area contributed by atoms with Crippen molar-refractivity contribution in [2.24, 2.45) is 0 Å². The second-order valence-corrected chi connectivity index (χ2v) is 7.77. The van der Waals surface area contributed by atoms with Crippen LogP contribution < -0.4 is 0 Å². The fourth-order valence-electron chi connectivity index (χ4n) is 3.79. The van der Waals surface area contributed by atoms with Crippen molar-refractivity contribution in [1.82, 2.24) is 29.9 Å². The fourth-order valence-corrected chi connectivity index (χ4v) is 3.79. The van der Waals surface area contributed by atoms with Crippen molar-refractivity contribution in [2.45, 2.75) is 0 Å². The van der Waals surface area contributed by atoms with Crippen molar-refractivity contribution in [1.29, 1.82) is 0 Å². The first-order valence-corrected chi connectivity index (χ1v) is 11.4. The molecule has 0 N–H and O–H groups in total. The molecule has 0 aliphatic rings. The first kappa shape index (κ1) is 28.7. The molecule has 38 heavy (non-hydrogen) atoms. The quantitative estimate of drug-likeness (QED) is 0.211. The van der Waals surface area contributed by atoms with Gasteiger partial charge < -0.3 is 0 Å². The van der Waals surface area contributed by atoms with E-state index in [4.69, 9.17) is 0 Å². The molecular weight excluding hydrogens is 687 g/mol. The molecule has 6 aromatic rings. The third-order valence-electron chi connectivity index (χ3n) is 5.43. The van der Waals surface area contributed by atoms with Gasteiger partial charge in [0, 0.05) is 133 Å². The monoisotopic (exact) mass is 709 g/mol. The van der Waals surface area contributed by atoms with Crippen molar-refractivity contribution in [3.63, 3.8) is 0 Å². The van der Waals surface area contributed by atoms with E-state index in [-0.39, 0.29) is 37.8 Å². The third kappa shape index (κ3) is 7.10. The summed E-state index contributed by atoms with van der Waals surface area (Å²) in [5, 5.41) is 0. The van der Waals surface area contributed by atoms with Gasteiger partial charge in [-0.2, -0.15) is 0 Å². The molecule has 0 atom stereocenters. The number of aromatic nitrogens is 6. The molecule has 0 bridgehead atoms. The zero-order valence-electron chi connectivity index (χ0n) is 20.1.